The van der Waals surface area contributed by atoms with Gasteiger partial charge in [0.05, 0.1) is 4.08 Å². The summed E-state index contributed by atoms with van der Waals surface area (Å²) in [4.78, 5) is 0. The van der Waals surface area contributed by atoms with Crippen molar-refractivity contribution in [3.63, 3.8) is 0 Å². The zero-order chi connectivity index (χ0) is 11.0. The predicted octanol–water partition coefficient (Wildman–Crippen LogP) is 4.44. The summed E-state index contributed by atoms with van der Waals surface area (Å²) in [6.45, 7) is 0. The number of hydrogen-bond acceptors (Lipinski definition) is 3. The first-order valence-electron chi connectivity index (χ1n) is 5.54. The molecule has 0 saturated carbocycles. The molecule has 1 aromatic carbocycles. The van der Waals surface area contributed by atoms with Crippen LogP contribution in [0.25, 0.3) is 0 Å². The molecule has 1 spiro atoms. The first kappa shape index (κ1) is 11.3. The first-order valence-corrected chi connectivity index (χ1v) is 8.84. The number of halogens is 1. The molecule has 1 heterocycles. The van der Waals surface area contributed by atoms with E-state index in [1.165, 1.54) is 35.5 Å². The molecule has 1 fully saturated rings. The molecule has 1 unspecified atom stereocenters. The van der Waals surface area contributed by atoms with Gasteiger partial charge in [-0.3, -0.25) is 0 Å². The zero-order valence-electron chi connectivity index (χ0n) is 8.87. The second-order valence-electron chi connectivity index (χ2n) is 4.16. The summed E-state index contributed by atoms with van der Waals surface area (Å²) < 4.78 is 13.4. The standard InChI is InChI=1S/C12H13FS3/c13-10-3-4-11-9(8-10)2-1-5-12(11)14-6-7-15-16-12/h3-4,8H,1-2,5-7H2. The lowest BCUT2D eigenvalue weighted by atomic mass is 9.91. The van der Waals surface area contributed by atoms with E-state index in [2.05, 4.69) is 11.8 Å². The first-order chi connectivity index (χ1) is 7.80. The molecular weight excluding hydrogens is 259 g/mol. The summed E-state index contributed by atoms with van der Waals surface area (Å²) in [6.07, 6.45) is 3.46. The predicted molar refractivity (Wildman–Crippen MR) is 73.5 cm³/mol. The number of hydrogen-bond donors (Lipinski definition) is 0. The third kappa shape index (κ3) is 1.89. The van der Waals surface area contributed by atoms with Crippen LogP contribution in [-0.2, 0) is 10.5 Å². The Morgan fingerprint density at radius 1 is 1.25 bits per heavy atom. The van der Waals surface area contributed by atoms with Gasteiger partial charge in [0.25, 0.3) is 0 Å². The molecule has 4 heteroatoms. The molecule has 0 aromatic heterocycles. The van der Waals surface area contributed by atoms with Crippen LogP contribution in [0.15, 0.2) is 18.2 Å². The largest absolute Gasteiger partial charge is 0.207 e. The normalized spacial score (nSPS) is 29.1. The molecule has 1 atom stereocenters. The van der Waals surface area contributed by atoms with Gasteiger partial charge in [-0.15, -0.1) is 11.8 Å². The number of fused-ring (bicyclic) bond motifs is 2. The van der Waals surface area contributed by atoms with Gasteiger partial charge in [0.15, 0.2) is 0 Å². The van der Waals surface area contributed by atoms with E-state index in [9.17, 15) is 4.39 Å². The lowest BCUT2D eigenvalue weighted by Gasteiger charge is -2.40. The Kier molecular flexibility index (Phi) is 3.15. The highest BCUT2D eigenvalue weighted by Crippen LogP contribution is 2.60. The molecule has 0 bridgehead atoms. The van der Waals surface area contributed by atoms with E-state index in [0.717, 1.165) is 6.42 Å². The zero-order valence-corrected chi connectivity index (χ0v) is 11.3. The highest BCUT2D eigenvalue weighted by Gasteiger charge is 2.39. The minimum Gasteiger partial charge on any atom is -0.207 e. The van der Waals surface area contributed by atoms with Crippen molar-refractivity contribution < 1.29 is 4.39 Å². The van der Waals surface area contributed by atoms with E-state index in [0.29, 0.717) is 0 Å². The Morgan fingerprint density at radius 3 is 3.00 bits per heavy atom. The van der Waals surface area contributed by atoms with Crippen LogP contribution in [0.5, 0.6) is 0 Å². The second-order valence-corrected chi connectivity index (χ2v) is 8.53. The summed E-state index contributed by atoms with van der Waals surface area (Å²) in [5, 5.41) is 0. The lowest BCUT2D eigenvalue weighted by Crippen LogP contribution is -2.26. The maximum atomic E-state index is 13.2. The molecule has 0 amide bonds. The van der Waals surface area contributed by atoms with Gasteiger partial charge in [-0.25, -0.2) is 4.39 Å². The quantitative estimate of drug-likeness (QED) is 0.641. The van der Waals surface area contributed by atoms with Gasteiger partial charge >= 0.3 is 0 Å². The SMILES string of the molecule is Fc1ccc2c(c1)CCCC21SCCSS1. The third-order valence-electron chi connectivity index (χ3n) is 3.13. The van der Waals surface area contributed by atoms with Crippen molar-refractivity contribution in [2.75, 3.05) is 11.5 Å². The Bertz CT molecular complexity index is 399. The van der Waals surface area contributed by atoms with E-state index in [1.54, 1.807) is 12.1 Å². The molecule has 16 heavy (non-hydrogen) atoms. The molecule has 1 aliphatic carbocycles. The third-order valence-corrected chi connectivity index (χ3v) is 8.49. The van der Waals surface area contributed by atoms with Crippen LogP contribution in [0.3, 0.4) is 0 Å². The van der Waals surface area contributed by atoms with Crippen molar-refractivity contribution in [2.24, 2.45) is 0 Å². The van der Waals surface area contributed by atoms with Crippen molar-refractivity contribution in [1.29, 1.82) is 0 Å². The van der Waals surface area contributed by atoms with Gasteiger partial charge in [0, 0.05) is 11.5 Å². The molecule has 86 valence electrons. The monoisotopic (exact) mass is 272 g/mol. The lowest BCUT2D eigenvalue weighted by molar-refractivity contribution is 0.604. The van der Waals surface area contributed by atoms with E-state index in [-0.39, 0.29) is 9.90 Å². The van der Waals surface area contributed by atoms with Crippen LogP contribution in [0.4, 0.5) is 4.39 Å². The van der Waals surface area contributed by atoms with Gasteiger partial charge in [-0.05, 0) is 42.5 Å². The topological polar surface area (TPSA) is 0 Å². The van der Waals surface area contributed by atoms with Crippen LogP contribution in [0.2, 0.25) is 0 Å². The average molecular weight is 272 g/mol. The van der Waals surface area contributed by atoms with Crippen molar-refractivity contribution >= 4 is 33.3 Å². The molecule has 1 aliphatic heterocycles. The van der Waals surface area contributed by atoms with E-state index < -0.39 is 0 Å². The van der Waals surface area contributed by atoms with Crippen LogP contribution >= 0.6 is 33.3 Å². The Balaban J connectivity index is 2.04. The van der Waals surface area contributed by atoms with Crippen LogP contribution in [0, 0.1) is 5.82 Å². The van der Waals surface area contributed by atoms with Crippen molar-refractivity contribution in [3.05, 3.63) is 35.1 Å². The maximum absolute atomic E-state index is 13.2. The van der Waals surface area contributed by atoms with Crippen LogP contribution in [-0.4, -0.2) is 11.5 Å². The van der Waals surface area contributed by atoms with Gasteiger partial charge in [-0.2, -0.15) is 0 Å². The minimum atomic E-state index is -0.0886. The van der Waals surface area contributed by atoms with Crippen molar-refractivity contribution in [1.82, 2.24) is 0 Å². The molecule has 1 saturated heterocycles. The molecular formula is C12H13FS3. The number of aryl methyl sites for hydroxylation is 1. The molecule has 0 N–H and O–H groups in total. The molecule has 3 rings (SSSR count). The van der Waals surface area contributed by atoms with Crippen LogP contribution in [0.1, 0.15) is 24.0 Å². The fourth-order valence-corrected chi connectivity index (χ4v) is 8.06. The Morgan fingerprint density at radius 2 is 2.19 bits per heavy atom. The highest BCUT2D eigenvalue weighted by atomic mass is 33.1. The fraction of sp³-hybridized carbons (Fsp3) is 0.500. The maximum Gasteiger partial charge on any atom is 0.123 e. The Hall–Kier alpha value is 0.200. The highest BCUT2D eigenvalue weighted by molar-refractivity contribution is 8.79. The second kappa shape index (κ2) is 4.46. The van der Waals surface area contributed by atoms with E-state index in [1.807, 2.05) is 27.7 Å². The van der Waals surface area contributed by atoms with Gasteiger partial charge in [0.2, 0.25) is 0 Å². The fourth-order valence-electron chi connectivity index (χ4n) is 2.42. The number of rotatable bonds is 0. The average Bonchev–Trinajstić information content (AvgIpc) is 2.30. The molecule has 0 nitrogen and oxygen atoms in total. The summed E-state index contributed by atoms with van der Waals surface area (Å²) in [5.74, 6) is 2.36. The van der Waals surface area contributed by atoms with Crippen molar-refractivity contribution in [2.45, 2.75) is 23.3 Å². The smallest absolute Gasteiger partial charge is 0.123 e. The van der Waals surface area contributed by atoms with Gasteiger partial charge < -0.3 is 0 Å². The molecule has 0 radical (unpaired) electrons. The summed E-state index contributed by atoms with van der Waals surface area (Å²) in [6, 6.07) is 5.36. The summed E-state index contributed by atoms with van der Waals surface area (Å²) >= 11 is 2.05. The van der Waals surface area contributed by atoms with Crippen molar-refractivity contribution in [3.8, 4) is 0 Å². The number of benzene rings is 1. The van der Waals surface area contributed by atoms with Gasteiger partial charge in [0.1, 0.15) is 5.82 Å². The van der Waals surface area contributed by atoms with E-state index in [4.69, 9.17) is 0 Å². The Labute approximate surface area is 108 Å². The number of thioether (sulfide) groups is 1. The van der Waals surface area contributed by atoms with Crippen LogP contribution < -0.4 is 0 Å². The van der Waals surface area contributed by atoms with Gasteiger partial charge in [-0.1, -0.05) is 27.7 Å². The van der Waals surface area contributed by atoms with E-state index >= 15 is 0 Å². The molecule has 1 aromatic rings. The summed E-state index contributed by atoms with van der Waals surface area (Å²) in [7, 11) is 3.96. The summed E-state index contributed by atoms with van der Waals surface area (Å²) in [5.41, 5.74) is 2.61. The minimum absolute atomic E-state index is 0.0886. The molecule has 2 aliphatic rings.